The molecule has 1 saturated carbocycles. The second-order valence-electron chi connectivity index (χ2n) is 17.1. The molecule has 0 N–H and O–H groups in total. The van der Waals surface area contributed by atoms with Crippen LogP contribution in [0.4, 0.5) is 5.69 Å². The topological polar surface area (TPSA) is 94.8 Å². The summed E-state index contributed by atoms with van der Waals surface area (Å²) in [4.78, 5) is 27.4. The van der Waals surface area contributed by atoms with Crippen molar-refractivity contribution in [1.82, 2.24) is 23.8 Å². The largest absolute Gasteiger partial charge is 0.460 e. The molecule has 0 radical (unpaired) electrons. The van der Waals surface area contributed by atoms with Crippen molar-refractivity contribution in [2.45, 2.75) is 111 Å². The van der Waals surface area contributed by atoms with E-state index in [2.05, 4.69) is 110 Å². The molecule has 2 aliphatic rings. The standard InChI is InChI=1S/C41H60N6O4SSi/c1-12-47-34-17-14-28(38-43-37(44-52-38)39(48)50-13-2)22-31(34)33(24-41(7,8)26-51-53(10,11)40(4,5)6)36(47)32-23-30(25-42-35(32)27(3)49-9)46-20-18-45(19-21-46)29-15-16-29/h14,17,22-23,25,27,29H,12-13,15-16,18-21,24,26H2,1-11H3/t27-/m0/s1. The quantitative estimate of drug-likeness (QED) is 0.0922. The number of anilines is 1. The summed E-state index contributed by atoms with van der Waals surface area (Å²) < 4.78 is 24.9. The zero-order valence-corrected chi connectivity index (χ0v) is 35.7. The number of benzene rings is 1. The van der Waals surface area contributed by atoms with Crippen molar-refractivity contribution >= 4 is 42.4 Å². The normalized spacial score (nSPS) is 16.8. The van der Waals surface area contributed by atoms with Crippen LogP contribution in [0.1, 0.15) is 96.2 Å². The highest BCUT2D eigenvalue weighted by Crippen LogP contribution is 2.44. The maximum absolute atomic E-state index is 12.5. The van der Waals surface area contributed by atoms with Gasteiger partial charge in [-0.15, -0.1) is 0 Å². The highest BCUT2D eigenvalue weighted by Gasteiger charge is 2.39. The molecule has 1 aliphatic heterocycles. The van der Waals surface area contributed by atoms with Crippen LogP contribution in [0.3, 0.4) is 0 Å². The monoisotopic (exact) mass is 760 g/mol. The van der Waals surface area contributed by atoms with Crippen molar-refractivity contribution < 1.29 is 18.7 Å². The summed E-state index contributed by atoms with van der Waals surface area (Å²) in [5, 5.41) is 1.97. The van der Waals surface area contributed by atoms with E-state index in [0.29, 0.717) is 11.6 Å². The van der Waals surface area contributed by atoms with Gasteiger partial charge in [-0.1, -0.05) is 34.6 Å². The number of hydrogen-bond donors (Lipinski definition) is 0. The maximum atomic E-state index is 12.5. The van der Waals surface area contributed by atoms with Gasteiger partial charge in [0.15, 0.2) is 8.32 Å². The number of piperazine rings is 1. The Morgan fingerprint density at radius 1 is 1.06 bits per heavy atom. The van der Waals surface area contributed by atoms with Crippen LogP contribution in [-0.2, 0) is 26.9 Å². The first kappa shape index (κ1) is 39.5. The molecule has 53 heavy (non-hydrogen) atoms. The van der Waals surface area contributed by atoms with Crippen LogP contribution in [-0.4, -0.2) is 90.6 Å². The Balaban J connectivity index is 1.50. The first-order valence-electron chi connectivity index (χ1n) is 19.4. The van der Waals surface area contributed by atoms with Gasteiger partial charge in [0.05, 0.1) is 36.0 Å². The molecule has 3 aromatic heterocycles. The van der Waals surface area contributed by atoms with Crippen LogP contribution in [0.2, 0.25) is 18.1 Å². The number of aromatic nitrogens is 4. The number of esters is 1. The van der Waals surface area contributed by atoms with Gasteiger partial charge in [0.2, 0.25) is 0 Å². The van der Waals surface area contributed by atoms with Gasteiger partial charge in [-0.05, 0) is 105 Å². The number of pyridine rings is 1. The molecule has 2 fully saturated rings. The number of carbonyl (C=O) groups is 1. The van der Waals surface area contributed by atoms with E-state index in [1.165, 1.54) is 35.6 Å². The molecular formula is C41H60N6O4SSi. The number of nitrogens with zero attached hydrogens (tertiary/aromatic N) is 6. The predicted molar refractivity (Wildman–Crippen MR) is 219 cm³/mol. The van der Waals surface area contributed by atoms with E-state index in [9.17, 15) is 4.79 Å². The second kappa shape index (κ2) is 15.5. The smallest absolute Gasteiger partial charge is 0.377 e. The minimum Gasteiger partial charge on any atom is -0.460 e. The van der Waals surface area contributed by atoms with Crippen molar-refractivity contribution in [3.63, 3.8) is 0 Å². The first-order valence-corrected chi connectivity index (χ1v) is 23.1. The van der Waals surface area contributed by atoms with Crippen molar-refractivity contribution in [1.29, 1.82) is 0 Å². The molecule has 1 atom stereocenters. The van der Waals surface area contributed by atoms with Crippen molar-refractivity contribution in [3.05, 3.63) is 47.5 Å². The summed E-state index contributed by atoms with van der Waals surface area (Å²) >= 11 is 1.22. The molecule has 0 amide bonds. The lowest BCUT2D eigenvalue weighted by Crippen LogP contribution is -2.47. The molecular weight excluding hydrogens is 701 g/mol. The fraction of sp³-hybridized carbons (Fsp3) is 0.610. The number of ether oxygens (including phenoxy) is 2. The van der Waals surface area contributed by atoms with E-state index in [0.717, 1.165) is 78.6 Å². The van der Waals surface area contributed by atoms with Gasteiger partial charge >= 0.3 is 5.97 Å². The summed E-state index contributed by atoms with van der Waals surface area (Å²) in [6.45, 7) is 28.2. The van der Waals surface area contributed by atoms with Crippen molar-refractivity contribution in [2.24, 2.45) is 5.41 Å². The lowest BCUT2D eigenvalue weighted by Gasteiger charge is -2.39. The average molecular weight is 761 g/mol. The molecule has 0 bridgehead atoms. The minimum absolute atomic E-state index is 0.0990. The Morgan fingerprint density at radius 3 is 2.40 bits per heavy atom. The second-order valence-corrected chi connectivity index (χ2v) is 22.7. The molecule has 10 nitrogen and oxygen atoms in total. The molecule has 1 aromatic carbocycles. The van der Waals surface area contributed by atoms with Gasteiger partial charge in [-0.2, -0.15) is 4.37 Å². The highest BCUT2D eigenvalue weighted by molar-refractivity contribution is 7.09. The summed E-state index contributed by atoms with van der Waals surface area (Å²) in [5.74, 6) is -0.400. The van der Waals surface area contributed by atoms with Gasteiger partial charge in [0.25, 0.3) is 5.82 Å². The van der Waals surface area contributed by atoms with Gasteiger partial charge in [0, 0.05) is 74.5 Å². The zero-order valence-electron chi connectivity index (χ0n) is 33.8. The van der Waals surface area contributed by atoms with Gasteiger partial charge < -0.3 is 23.4 Å². The number of hydrogen-bond acceptors (Lipinski definition) is 10. The average Bonchev–Trinajstić information content (AvgIpc) is 3.78. The molecule has 0 spiro atoms. The third-order valence-corrected chi connectivity index (χ3v) is 16.8. The number of rotatable bonds is 14. The van der Waals surface area contributed by atoms with Crippen LogP contribution in [0.15, 0.2) is 30.5 Å². The molecule has 6 rings (SSSR count). The fourth-order valence-corrected chi connectivity index (χ4v) is 8.99. The van der Waals surface area contributed by atoms with Gasteiger partial charge in [0.1, 0.15) is 5.01 Å². The molecule has 288 valence electrons. The summed E-state index contributed by atoms with van der Waals surface area (Å²) in [7, 11) is -0.226. The van der Waals surface area contributed by atoms with Crippen LogP contribution >= 0.6 is 11.5 Å². The summed E-state index contributed by atoms with van der Waals surface area (Å²) in [6, 6.07) is 9.67. The van der Waals surface area contributed by atoms with E-state index >= 15 is 0 Å². The summed E-state index contributed by atoms with van der Waals surface area (Å²) in [5.41, 5.74) is 7.53. The molecule has 12 heteroatoms. The Labute approximate surface area is 321 Å². The highest BCUT2D eigenvalue weighted by atomic mass is 32.1. The Kier molecular flexibility index (Phi) is 11.6. The SMILES string of the molecule is CCOC(=O)c1nsc(-c2ccc3c(c2)c(CC(C)(C)CO[Si](C)(C)C(C)(C)C)c(-c2cc(N4CCN(C5CC5)CC4)cnc2[C@H](C)OC)n3CC)n1. The predicted octanol–water partition coefficient (Wildman–Crippen LogP) is 9.00. The number of methoxy groups -OCH3 is 1. The molecule has 1 aliphatic carbocycles. The van der Waals surface area contributed by atoms with Crippen LogP contribution in [0.25, 0.3) is 32.7 Å². The molecule has 4 heterocycles. The van der Waals surface area contributed by atoms with E-state index in [1.54, 1.807) is 14.0 Å². The van der Waals surface area contributed by atoms with E-state index in [4.69, 9.17) is 18.9 Å². The molecule has 1 saturated heterocycles. The lowest BCUT2D eigenvalue weighted by molar-refractivity contribution is 0.0514. The van der Waals surface area contributed by atoms with Crippen LogP contribution < -0.4 is 4.90 Å². The number of carbonyl (C=O) groups excluding carboxylic acids is 1. The first-order chi connectivity index (χ1) is 25.1. The zero-order chi connectivity index (χ0) is 38.3. The maximum Gasteiger partial charge on any atom is 0.377 e. The van der Waals surface area contributed by atoms with Gasteiger partial charge in [-0.25, -0.2) is 9.78 Å². The minimum atomic E-state index is -1.99. The Bertz CT molecular complexity index is 1920. The number of fused-ring (bicyclic) bond motifs is 1. The van der Waals surface area contributed by atoms with Crippen LogP contribution in [0.5, 0.6) is 0 Å². The number of aryl methyl sites for hydroxylation is 1. The van der Waals surface area contributed by atoms with Crippen molar-refractivity contribution in [2.75, 3.05) is 51.4 Å². The summed E-state index contributed by atoms with van der Waals surface area (Å²) in [6.07, 6.45) is 5.31. The molecule has 4 aromatic rings. The Morgan fingerprint density at radius 2 is 1.77 bits per heavy atom. The van der Waals surface area contributed by atoms with E-state index in [1.807, 2.05) is 6.20 Å². The lowest BCUT2D eigenvalue weighted by atomic mass is 9.84. The van der Waals surface area contributed by atoms with E-state index in [-0.39, 0.29) is 29.0 Å². The van der Waals surface area contributed by atoms with Gasteiger partial charge in [-0.3, -0.25) is 9.88 Å². The molecule has 0 unspecified atom stereocenters. The van der Waals surface area contributed by atoms with Crippen LogP contribution in [0, 0.1) is 5.41 Å². The third kappa shape index (κ3) is 8.41. The third-order valence-electron chi connectivity index (χ3n) is 11.5. The van der Waals surface area contributed by atoms with Crippen molar-refractivity contribution in [3.8, 4) is 21.8 Å². The Hall–Kier alpha value is -3.16. The van der Waals surface area contributed by atoms with E-state index < -0.39 is 14.3 Å². The fourth-order valence-electron chi connectivity index (χ4n) is 7.16.